The van der Waals surface area contributed by atoms with Crippen LogP contribution in [0.4, 0.5) is 0 Å². The molecule has 1 aromatic carbocycles. The molecule has 2 rings (SSSR count). The molecule has 0 radical (unpaired) electrons. The topological polar surface area (TPSA) is 95.7 Å². The minimum Gasteiger partial charge on any atom is -0.493 e. The predicted octanol–water partition coefficient (Wildman–Crippen LogP) is 0.763. The first-order valence-electron chi connectivity index (χ1n) is 5.89. The number of hydrogen-bond donors (Lipinski definition) is 1. The molecule has 0 spiro atoms. The van der Waals surface area contributed by atoms with Crippen LogP contribution in [0.1, 0.15) is 24.8 Å². The summed E-state index contributed by atoms with van der Waals surface area (Å²) in [5, 5.41) is 5.09. The lowest BCUT2D eigenvalue weighted by Gasteiger charge is -2.24. The molecule has 0 saturated carbocycles. The first kappa shape index (κ1) is 13.8. The zero-order valence-electron chi connectivity index (χ0n) is 10.5. The molecule has 1 aromatic rings. The molecule has 0 aromatic heterocycles. The van der Waals surface area contributed by atoms with Gasteiger partial charge in [0, 0.05) is 5.56 Å². The summed E-state index contributed by atoms with van der Waals surface area (Å²) >= 11 is 0. The molecule has 1 aliphatic rings. The summed E-state index contributed by atoms with van der Waals surface area (Å²) in [5.74, 6) is -0.388. The summed E-state index contributed by atoms with van der Waals surface area (Å²) in [4.78, 5) is 11.8. The van der Waals surface area contributed by atoms with Crippen molar-refractivity contribution in [1.29, 1.82) is 0 Å². The van der Waals surface area contributed by atoms with Crippen molar-refractivity contribution < 1.29 is 22.7 Å². The fourth-order valence-electron chi connectivity index (χ4n) is 2.04. The molecule has 0 saturated heterocycles. The van der Waals surface area contributed by atoms with Crippen molar-refractivity contribution in [1.82, 2.24) is 0 Å². The highest BCUT2D eigenvalue weighted by Crippen LogP contribution is 2.35. The van der Waals surface area contributed by atoms with Gasteiger partial charge < -0.3 is 9.47 Å². The number of ether oxygens (including phenoxy) is 2. The Morgan fingerprint density at radius 1 is 1.53 bits per heavy atom. The lowest BCUT2D eigenvalue weighted by molar-refractivity contribution is -0.145. The van der Waals surface area contributed by atoms with Gasteiger partial charge in [0.15, 0.2) is 0 Å². The second-order valence-corrected chi connectivity index (χ2v) is 5.75. The normalized spacial score (nSPS) is 18.3. The van der Waals surface area contributed by atoms with Crippen molar-refractivity contribution in [2.24, 2.45) is 5.14 Å². The zero-order chi connectivity index (χ0) is 14.0. The molecular weight excluding hydrogens is 270 g/mol. The minimum atomic E-state index is -3.81. The highest BCUT2D eigenvalue weighted by Gasteiger charge is 2.30. The SMILES string of the molecule is CCOC(=O)C1CCOc2ccc(S(N)(=O)=O)cc21. The molecule has 1 heterocycles. The van der Waals surface area contributed by atoms with Gasteiger partial charge in [-0.15, -0.1) is 0 Å². The van der Waals surface area contributed by atoms with Crippen LogP contribution in [-0.4, -0.2) is 27.6 Å². The van der Waals surface area contributed by atoms with E-state index in [4.69, 9.17) is 14.6 Å². The van der Waals surface area contributed by atoms with Crippen LogP contribution in [-0.2, 0) is 19.6 Å². The molecular formula is C12H15NO5S. The molecule has 0 fully saturated rings. The highest BCUT2D eigenvalue weighted by molar-refractivity contribution is 7.89. The van der Waals surface area contributed by atoms with E-state index in [0.717, 1.165) is 0 Å². The molecule has 1 aliphatic heterocycles. The number of rotatable bonds is 3. The van der Waals surface area contributed by atoms with Crippen LogP contribution in [0.15, 0.2) is 23.1 Å². The first-order chi connectivity index (χ1) is 8.93. The standard InChI is InChI=1S/C12H15NO5S/c1-2-17-12(14)9-5-6-18-11-4-3-8(7-10(9)11)19(13,15)16/h3-4,7,9H,2,5-6H2,1H3,(H2,13,15,16). The van der Waals surface area contributed by atoms with Crippen molar-refractivity contribution in [2.75, 3.05) is 13.2 Å². The summed E-state index contributed by atoms with van der Waals surface area (Å²) in [6.07, 6.45) is 0.458. The zero-order valence-corrected chi connectivity index (χ0v) is 11.3. The number of esters is 1. The van der Waals surface area contributed by atoms with Gasteiger partial charge in [-0.05, 0) is 31.5 Å². The van der Waals surface area contributed by atoms with Crippen LogP contribution >= 0.6 is 0 Å². The van der Waals surface area contributed by atoms with Gasteiger partial charge in [0.25, 0.3) is 0 Å². The van der Waals surface area contributed by atoms with E-state index in [1.807, 2.05) is 0 Å². The summed E-state index contributed by atoms with van der Waals surface area (Å²) < 4.78 is 33.1. The number of carbonyl (C=O) groups is 1. The van der Waals surface area contributed by atoms with Gasteiger partial charge in [-0.1, -0.05) is 0 Å². The Morgan fingerprint density at radius 2 is 2.26 bits per heavy atom. The Kier molecular flexibility index (Phi) is 3.77. The predicted molar refractivity (Wildman–Crippen MR) is 67.3 cm³/mol. The monoisotopic (exact) mass is 285 g/mol. The van der Waals surface area contributed by atoms with Crippen LogP contribution in [0.2, 0.25) is 0 Å². The van der Waals surface area contributed by atoms with E-state index in [2.05, 4.69) is 0 Å². The fraction of sp³-hybridized carbons (Fsp3) is 0.417. The van der Waals surface area contributed by atoms with Crippen molar-refractivity contribution in [3.05, 3.63) is 23.8 Å². The van der Waals surface area contributed by atoms with Gasteiger partial charge in [-0.3, -0.25) is 4.79 Å². The molecule has 7 heteroatoms. The van der Waals surface area contributed by atoms with Crippen molar-refractivity contribution in [3.63, 3.8) is 0 Å². The van der Waals surface area contributed by atoms with Crippen LogP contribution in [0, 0.1) is 0 Å². The lowest BCUT2D eigenvalue weighted by atomic mass is 9.93. The summed E-state index contributed by atoms with van der Waals surface area (Å²) in [7, 11) is -3.81. The number of fused-ring (bicyclic) bond motifs is 1. The second kappa shape index (κ2) is 5.18. The summed E-state index contributed by atoms with van der Waals surface area (Å²) in [5.41, 5.74) is 0.510. The number of benzene rings is 1. The minimum absolute atomic E-state index is 0.0361. The van der Waals surface area contributed by atoms with Gasteiger partial charge in [0.05, 0.1) is 24.0 Å². The Labute approximate surface area is 111 Å². The summed E-state index contributed by atoms with van der Waals surface area (Å²) in [6.45, 7) is 2.39. The smallest absolute Gasteiger partial charge is 0.313 e. The van der Waals surface area contributed by atoms with Gasteiger partial charge in [-0.25, -0.2) is 13.6 Å². The van der Waals surface area contributed by atoms with Crippen LogP contribution in [0.25, 0.3) is 0 Å². The Balaban J connectivity index is 2.44. The van der Waals surface area contributed by atoms with Gasteiger partial charge in [0.2, 0.25) is 10.0 Å². The average molecular weight is 285 g/mol. The van der Waals surface area contributed by atoms with Gasteiger partial charge in [0.1, 0.15) is 5.75 Å². The molecule has 19 heavy (non-hydrogen) atoms. The Bertz CT molecular complexity index is 596. The highest BCUT2D eigenvalue weighted by atomic mass is 32.2. The summed E-state index contributed by atoms with van der Waals surface area (Å²) in [6, 6.07) is 4.26. The molecule has 0 amide bonds. The van der Waals surface area contributed by atoms with Crippen molar-refractivity contribution in [2.45, 2.75) is 24.2 Å². The van der Waals surface area contributed by atoms with E-state index in [1.165, 1.54) is 18.2 Å². The maximum Gasteiger partial charge on any atom is 0.313 e. The van der Waals surface area contributed by atoms with E-state index in [0.29, 0.717) is 24.3 Å². The average Bonchev–Trinajstić information content (AvgIpc) is 2.36. The van der Waals surface area contributed by atoms with Crippen LogP contribution in [0.3, 0.4) is 0 Å². The fourth-order valence-corrected chi connectivity index (χ4v) is 2.59. The lowest BCUT2D eigenvalue weighted by Crippen LogP contribution is -2.24. The number of primary sulfonamides is 1. The van der Waals surface area contributed by atoms with Crippen LogP contribution in [0.5, 0.6) is 5.75 Å². The van der Waals surface area contributed by atoms with Gasteiger partial charge >= 0.3 is 5.97 Å². The Hall–Kier alpha value is -1.60. The van der Waals surface area contributed by atoms with E-state index >= 15 is 0 Å². The molecule has 1 atom stereocenters. The largest absolute Gasteiger partial charge is 0.493 e. The van der Waals surface area contributed by atoms with Crippen LogP contribution < -0.4 is 9.88 Å². The van der Waals surface area contributed by atoms with E-state index in [9.17, 15) is 13.2 Å². The number of nitrogens with two attached hydrogens (primary N) is 1. The maximum absolute atomic E-state index is 11.9. The van der Waals surface area contributed by atoms with E-state index in [1.54, 1.807) is 6.92 Å². The van der Waals surface area contributed by atoms with Gasteiger partial charge in [-0.2, -0.15) is 0 Å². The maximum atomic E-state index is 11.9. The first-order valence-corrected chi connectivity index (χ1v) is 7.44. The molecule has 0 aliphatic carbocycles. The molecule has 0 bridgehead atoms. The molecule has 6 nitrogen and oxygen atoms in total. The van der Waals surface area contributed by atoms with Crippen molar-refractivity contribution >= 4 is 16.0 Å². The molecule has 1 unspecified atom stereocenters. The number of sulfonamides is 1. The van der Waals surface area contributed by atoms with Crippen molar-refractivity contribution in [3.8, 4) is 5.75 Å². The second-order valence-electron chi connectivity index (χ2n) is 4.19. The molecule has 2 N–H and O–H groups in total. The Morgan fingerprint density at radius 3 is 2.89 bits per heavy atom. The quantitative estimate of drug-likeness (QED) is 0.827. The molecule has 104 valence electrons. The van der Waals surface area contributed by atoms with E-state index in [-0.39, 0.29) is 17.5 Å². The number of carbonyl (C=O) groups excluding carboxylic acids is 1. The number of hydrogen-bond acceptors (Lipinski definition) is 5. The van der Waals surface area contributed by atoms with E-state index < -0.39 is 15.9 Å². The third kappa shape index (κ3) is 2.87. The third-order valence-electron chi connectivity index (χ3n) is 2.92. The third-order valence-corrected chi connectivity index (χ3v) is 3.83.